The van der Waals surface area contributed by atoms with Crippen molar-refractivity contribution in [3.05, 3.63) is 47.1 Å². The van der Waals surface area contributed by atoms with E-state index < -0.39 is 5.97 Å². The van der Waals surface area contributed by atoms with Crippen LogP contribution in [0.4, 0.5) is 4.39 Å². The smallest absolute Gasteiger partial charge is 0.320 e. The fourth-order valence-corrected chi connectivity index (χ4v) is 3.82. The minimum atomic E-state index is -0.751. The Morgan fingerprint density at radius 1 is 1.33 bits per heavy atom. The van der Waals surface area contributed by atoms with Crippen molar-refractivity contribution < 1.29 is 14.3 Å². The molecule has 1 N–H and O–H groups in total. The molecule has 1 aliphatic rings. The van der Waals surface area contributed by atoms with Gasteiger partial charge in [-0.15, -0.1) is 11.3 Å². The molecule has 1 saturated heterocycles. The van der Waals surface area contributed by atoms with Crippen LogP contribution in [0.1, 0.15) is 17.7 Å². The van der Waals surface area contributed by atoms with E-state index in [4.69, 9.17) is 0 Å². The Bertz CT molecular complexity index is 655. The van der Waals surface area contributed by atoms with Crippen LogP contribution in [0.2, 0.25) is 0 Å². The molecule has 0 amide bonds. The van der Waals surface area contributed by atoms with Gasteiger partial charge in [0.1, 0.15) is 11.9 Å². The molecule has 1 aromatic carbocycles. The number of rotatable bonds is 4. The maximum Gasteiger partial charge on any atom is 0.320 e. The first-order valence-corrected chi connectivity index (χ1v) is 7.77. The number of thiophene rings is 1. The third-order valence-corrected chi connectivity index (χ3v) is 4.91. The summed E-state index contributed by atoms with van der Waals surface area (Å²) in [5.74, 6) is -0.978. The largest absolute Gasteiger partial charge is 0.480 e. The standard InChI is InChI=1S/C16H16FNO2S/c17-13-5-2-1-4-12(13)15-8-7-11(21-15)10-18-9-3-6-14(18)16(19)20/h1-2,4-5,7-8,14H,3,6,9-10H2,(H,19,20)/t14-/m0/s1. The average Bonchev–Trinajstić information content (AvgIpc) is 3.09. The van der Waals surface area contributed by atoms with E-state index in [1.54, 1.807) is 12.1 Å². The molecule has 0 aliphatic carbocycles. The monoisotopic (exact) mass is 305 g/mol. The van der Waals surface area contributed by atoms with Crippen LogP contribution in [-0.2, 0) is 11.3 Å². The van der Waals surface area contributed by atoms with Crippen molar-refractivity contribution >= 4 is 17.3 Å². The molecule has 21 heavy (non-hydrogen) atoms. The molecule has 1 atom stereocenters. The summed E-state index contributed by atoms with van der Waals surface area (Å²) in [6.07, 6.45) is 1.63. The van der Waals surface area contributed by atoms with Crippen molar-refractivity contribution in [1.29, 1.82) is 0 Å². The Morgan fingerprint density at radius 3 is 2.90 bits per heavy atom. The molecule has 1 aliphatic heterocycles. The van der Waals surface area contributed by atoms with Crippen LogP contribution in [0.25, 0.3) is 10.4 Å². The van der Waals surface area contributed by atoms with E-state index in [2.05, 4.69) is 0 Å². The highest BCUT2D eigenvalue weighted by molar-refractivity contribution is 7.15. The molecule has 2 aromatic rings. The van der Waals surface area contributed by atoms with Crippen LogP contribution >= 0.6 is 11.3 Å². The zero-order valence-electron chi connectivity index (χ0n) is 11.5. The van der Waals surface area contributed by atoms with Crippen LogP contribution in [0, 0.1) is 5.82 Å². The Hall–Kier alpha value is -1.72. The highest BCUT2D eigenvalue weighted by atomic mass is 32.1. The summed E-state index contributed by atoms with van der Waals surface area (Å²) in [6, 6.07) is 10.2. The molecule has 2 heterocycles. The van der Waals surface area contributed by atoms with Crippen molar-refractivity contribution in [3.63, 3.8) is 0 Å². The molecule has 0 bridgehead atoms. The van der Waals surface area contributed by atoms with Crippen LogP contribution in [-0.4, -0.2) is 28.6 Å². The molecule has 1 fully saturated rings. The number of halogens is 1. The maximum absolute atomic E-state index is 13.8. The number of benzene rings is 1. The van der Waals surface area contributed by atoms with Crippen molar-refractivity contribution in [1.82, 2.24) is 4.90 Å². The lowest BCUT2D eigenvalue weighted by Crippen LogP contribution is -2.35. The molecule has 3 nitrogen and oxygen atoms in total. The summed E-state index contributed by atoms with van der Waals surface area (Å²) in [7, 11) is 0. The topological polar surface area (TPSA) is 40.5 Å². The molecule has 110 valence electrons. The third-order valence-electron chi connectivity index (χ3n) is 3.81. The SMILES string of the molecule is O=C(O)[C@@H]1CCCN1Cc1ccc(-c2ccccc2F)s1. The Kier molecular flexibility index (Phi) is 4.03. The van der Waals surface area contributed by atoms with Crippen molar-refractivity contribution in [2.24, 2.45) is 0 Å². The number of carbonyl (C=O) groups is 1. The number of nitrogens with zero attached hydrogens (tertiary/aromatic N) is 1. The van der Waals surface area contributed by atoms with Gasteiger partial charge in [0, 0.05) is 21.9 Å². The second kappa shape index (κ2) is 5.95. The minimum Gasteiger partial charge on any atom is -0.480 e. The fraction of sp³-hybridized carbons (Fsp3) is 0.312. The lowest BCUT2D eigenvalue weighted by Gasteiger charge is -2.19. The average molecular weight is 305 g/mol. The summed E-state index contributed by atoms with van der Waals surface area (Å²) in [5, 5.41) is 9.19. The van der Waals surface area contributed by atoms with Gasteiger partial charge >= 0.3 is 5.97 Å². The molecule has 0 spiro atoms. The molecule has 1 aromatic heterocycles. The quantitative estimate of drug-likeness (QED) is 0.938. The van der Waals surface area contributed by atoms with Crippen LogP contribution in [0.3, 0.4) is 0 Å². The van der Waals surface area contributed by atoms with Gasteiger partial charge in [0.05, 0.1) is 0 Å². The van der Waals surface area contributed by atoms with Gasteiger partial charge in [-0.2, -0.15) is 0 Å². The number of hydrogen-bond acceptors (Lipinski definition) is 3. The van der Waals surface area contributed by atoms with Crippen molar-refractivity contribution in [3.8, 4) is 10.4 Å². The Balaban J connectivity index is 1.77. The summed E-state index contributed by atoms with van der Waals surface area (Å²) in [4.78, 5) is 15.1. The molecule has 0 unspecified atom stereocenters. The van der Waals surface area contributed by atoms with Crippen LogP contribution in [0.15, 0.2) is 36.4 Å². The second-order valence-electron chi connectivity index (χ2n) is 5.21. The lowest BCUT2D eigenvalue weighted by molar-refractivity contribution is -0.142. The highest BCUT2D eigenvalue weighted by Gasteiger charge is 2.30. The summed E-state index contributed by atoms with van der Waals surface area (Å²) >= 11 is 1.53. The number of likely N-dealkylation sites (tertiary alicyclic amines) is 1. The molecule has 0 saturated carbocycles. The number of aliphatic carboxylic acids is 1. The van der Waals surface area contributed by atoms with E-state index in [1.165, 1.54) is 17.4 Å². The summed E-state index contributed by atoms with van der Waals surface area (Å²) < 4.78 is 13.8. The van der Waals surface area contributed by atoms with Gasteiger partial charge in [-0.25, -0.2) is 4.39 Å². The van der Waals surface area contributed by atoms with Crippen LogP contribution < -0.4 is 0 Å². The molecular weight excluding hydrogens is 289 g/mol. The van der Waals surface area contributed by atoms with Gasteiger partial charge in [0.15, 0.2) is 0 Å². The van der Waals surface area contributed by atoms with E-state index >= 15 is 0 Å². The first kappa shape index (κ1) is 14.2. The number of carboxylic acids is 1. The normalized spacial score (nSPS) is 19.0. The highest BCUT2D eigenvalue weighted by Crippen LogP contribution is 2.31. The van der Waals surface area contributed by atoms with Gasteiger partial charge in [0.2, 0.25) is 0 Å². The third kappa shape index (κ3) is 2.99. The van der Waals surface area contributed by atoms with E-state index in [9.17, 15) is 14.3 Å². The number of carboxylic acid groups (broad SMARTS) is 1. The fourth-order valence-electron chi connectivity index (χ4n) is 2.76. The first-order chi connectivity index (χ1) is 10.1. The molecule has 0 radical (unpaired) electrons. The van der Waals surface area contributed by atoms with Gasteiger partial charge in [-0.1, -0.05) is 18.2 Å². The Morgan fingerprint density at radius 2 is 2.14 bits per heavy atom. The van der Waals surface area contributed by atoms with Gasteiger partial charge in [-0.05, 0) is 37.6 Å². The molecular formula is C16H16FNO2S. The summed E-state index contributed by atoms with van der Waals surface area (Å²) in [6.45, 7) is 1.43. The number of hydrogen-bond donors (Lipinski definition) is 1. The van der Waals surface area contributed by atoms with Gasteiger partial charge in [-0.3, -0.25) is 9.69 Å². The molecule has 3 rings (SSSR count). The summed E-state index contributed by atoms with van der Waals surface area (Å²) in [5.41, 5.74) is 0.602. The van der Waals surface area contributed by atoms with E-state index in [0.717, 1.165) is 22.7 Å². The maximum atomic E-state index is 13.8. The van der Waals surface area contributed by atoms with Gasteiger partial charge < -0.3 is 5.11 Å². The van der Waals surface area contributed by atoms with Crippen molar-refractivity contribution in [2.45, 2.75) is 25.4 Å². The zero-order valence-corrected chi connectivity index (χ0v) is 12.3. The van der Waals surface area contributed by atoms with E-state index in [-0.39, 0.29) is 11.9 Å². The van der Waals surface area contributed by atoms with Gasteiger partial charge in [0.25, 0.3) is 0 Å². The Labute approximate surface area is 126 Å². The first-order valence-electron chi connectivity index (χ1n) is 6.95. The van der Waals surface area contributed by atoms with Crippen LogP contribution in [0.5, 0.6) is 0 Å². The predicted molar refractivity (Wildman–Crippen MR) is 80.8 cm³/mol. The predicted octanol–water partition coefficient (Wildman–Crippen LogP) is 3.60. The van der Waals surface area contributed by atoms with E-state index in [0.29, 0.717) is 18.5 Å². The van der Waals surface area contributed by atoms with E-state index in [1.807, 2.05) is 23.1 Å². The lowest BCUT2D eigenvalue weighted by atomic mass is 10.2. The zero-order chi connectivity index (χ0) is 14.8. The molecule has 5 heteroatoms. The minimum absolute atomic E-state index is 0.226. The second-order valence-corrected chi connectivity index (χ2v) is 6.38. The van der Waals surface area contributed by atoms with Crippen molar-refractivity contribution in [2.75, 3.05) is 6.54 Å².